The molecule has 15 heavy (non-hydrogen) atoms. The summed E-state index contributed by atoms with van der Waals surface area (Å²) in [5.41, 5.74) is 2.37. The SMILES string of the molecule is CS/C(=C\Cl)C(=O)NCc1ccccc1. The van der Waals surface area contributed by atoms with Gasteiger partial charge < -0.3 is 5.32 Å². The molecule has 0 unspecified atom stereocenters. The third kappa shape index (κ3) is 3.98. The lowest BCUT2D eigenvalue weighted by atomic mass is 10.2. The molecule has 0 spiro atoms. The van der Waals surface area contributed by atoms with Crippen LogP contribution in [0.2, 0.25) is 0 Å². The standard InChI is InChI=1S/C11H12ClNOS/c1-15-10(7-12)11(14)13-8-9-5-3-2-4-6-9/h2-7H,8H2,1H3,(H,13,14)/b10-7-. The van der Waals surface area contributed by atoms with Gasteiger partial charge in [-0.25, -0.2) is 0 Å². The largest absolute Gasteiger partial charge is 0.347 e. The van der Waals surface area contributed by atoms with Crippen LogP contribution < -0.4 is 5.32 Å². The topological polar surface area (TPSA) is 29.1 Å². The average Bonchev–Trinajstić information content (AvgIpc) is 2.29. The van der Waals surface area contributed by atoms with Crippen LogP contribution in [0.1, 0.15) is 5.56 Å². The predicted molar refractivity (Wildman–Crippen MR) is 65.7 cm³/mol. The van der Waals surface area contributed by atoms with E-state index in [1.165, 1.54) is 17.3 Å². The number of rotatable bonds is 4. The second-order valence-electron chi connectivity index (χ2n) is 2.85. The van der Waals surface area contributed by atoms with Gasteiger partial charge in [-0.1, -0.05) is 41.9 Å². The Balaban J connectivity index is 2.48. The van der Waals surface area contributed by atoms with Gasteiger partial charge in [-0.2, -0.15) is 0 Å². The van der Waals surface area contributed by atoms with Crippen molar-refractivity contribution in [3.63, 3.8) is 0 Å². The summed E-state index contributed by atoms with van der Waals surface area (Å²) in [5, 5.41) is 2.79. The van der Waals surface area contributed by atoms with Crippen molar-refractivity contribution in [3.05, 3.63) is 46.3 Å². The molecule has 4 heteroatoms. The van der Waals surface area contributed by atoms with Crippen LogP contribution in [-0.2, 0) is 11.3 Å². The van der Waals surface area contributed by atoms with Crippen molar-refractivity contribution >= 4 is 29.3 Å². The molecule has 0 aliphatic rings. The van der Waals surface area contributed by atoms with Gasteiger partial charge in [0, 0.05) is 12.1 Å². The summed E-state index contributed by atoms with van der Waals surface area (Å²) >= 11 is 6.83. The zero-order valence-corrected chi connectivity index (χ0v) is 9.94. The number of thioether (sulfide) groups is 1. The summed E-state index contributed by atoms with van der Waals surface area (Å²) < 4.78 is 0. The van der Waals surface area contributed by atoms with E-state index in [1.807, 2.05) is 36.6 Å². The molecular formula is C11H12ClNOS. The van der Waals surface area contributed by atoms with E-state index >= 15 is 0 Å². The Bertz CT molecular complexity index is 351. The van der Waals surface area contributed by atoms with E-state index in [9.17, 15) is 4.79 Å². The maximum atomic E-state index is 11.5. The molecule has 0 bridgehead atoms. The van der Waals surface area contributed by atoms with Gasteiger partial charge in [-0.3, -0.25) is 4.79 Å². The monoisotopic (exact) mass is 241 g/mol. The van der Waals surface area contributed by atoms with E-state index in [0.29, 0.717) is 11.4 Å². The third-order valence-corrected chi connectivity index (χ3v) is 2.93. The van der Waals surface area contributed by atoms with Crippen LogP contribution in [0.5, 0.6) is 0 Å². The van der Waals surface area contributed by atoms with Gasteiger partial charge in [0.1, 0.15) is 0 Å². The first-order valence-corrected chi connectivity index (χ1v) is 6.10. The predicted octanol–water partition coefficient (Wildman–Crippen LogP) is 2.75. The molecular weight excluding hydrogens is 230 g/mol. The molecule has 0 atom stereocenters. The van der Waals surface area contributed by atoms with Gasteiger partial charge in [-0.15, -0.1) is 11.8 Å². The lowest BCUT2D eigenvalue weighted by molar-refractivity contribution is -0.116. The Morgan fingerprint density at radius 2 is 2.13 bits per heavy atom. The second kappa shape index (κ2) is 6.53. The number of nitrogens with one attached hydrogen (secondary N) is 1. The van der Waals surface area contributed by atoms with E-state index in [1.54, 1.807) is 0 Å². The molecule has 2 nitrogen and oxygen atoms in total. The molecule has 1 amide bonds. The molecule has 0 fully saturated rings. The van der Waals surface area contributed by atoms with Crippen molar-refractivity contribution in [1.29, 1.82) is 0 Å². The van der Waals surface area contributed by atoms with E-state index in [4.69, 9.17) is 11.6 Å². The molecule has 0 saturated carbocycles. The minimum atomic E-state index is -0.138. The molecule has 0 saturated heterocycles. The Morgan fingerprint density at radius 3 is 2.67 bits per heavy atom. The minimum absolute atomic E-state index is 0.138. The molecule has 0 heterocycles. The van der Waals surface area contributed by atoms with Gasteiger partial charge in [-0.05, 0) is 11.8 Å². The number of carbonyl (C=O) groups is 1. The lowest BCUT2D eigenvalue weighted by Gasteiger charge is -2.05. The Labute approximate surface area is 98.7 Å². The first-order chi connectivity index (χ1) is 7.27. The quantitative estimate of drug-likeness (QED) is 0.822. The highest BCUT2D eigenvalue weighted by atomic mass is 35.5. The molecule has 0 radical (unpaired) electrons. The van der Waals surface area contributed by atoms with Gasteiger partial charge in [0.15, 0.2) is 0 Å². The Hall–Kier alpha value is -0.930. The zero-order chi connectivity index (χ0) is 11.1. The molecule has 1 N–H and O–H groups in total. The van der Waals surface area contributed by atoms with E-state index < -0.39 is 0 Å². The highest BCUT2D eigenvalue weighted by Gasteiger charge is 2.06. The van der Waals surface area contributed by atoms with Crippen LogP contribution in [0.4, 0.5) is 0 Å². The summed E-state index contributed by atoms with van der Waals surface area (Å²) in [4.78, 5) is 12.0. The maximum absolute atomic E-state index is 11.5. The van der Waals surface area contributed by atoms with E-state index in [2.05, 4.69) is 5.32 Å². The van der Waals surface area contributed by atoms with E-state index in [-0.39, 0.29) is 5.91 Å². The van der Waals surface area contributed by atoms with Crippen LogP contribution in [0.25, 0.3) is 0 Å². The molecule has 0 aromatic heterocycles. The van der Waals surface area contributed by atoms with Crippen molar-refractivity contribution in [2.45, 2.75) is 6.54 Å². The van der Waals surface area contributed by atoms with Gasteiger partial charge in [0.2, 0.25) is 0 Å². The first-order valence-electron chi connectivity index (χ1n) is 4.44. The molecule has 80 valence electrons. The van der Waals surface area contributed by atoms with Gasteiger partial charge in [0.05, 0.1) is 4.91 Å². The fraction of sp³-hybridized carbons (Fsp3) is 0.182. The van der Waals surface area contributed by atoms with Gasteiger partial charge >= 0.3 is 0 Å². The fourth-order valence-corrected chi connectivity index (χ4v) is 1.77. The van der Waals surface area contributed by atoms with Gasteiger partial charge in [0.25, 0.3) is 5.91 Å². The van der Waals surface area contributed by atoms with Crippen LogP contribution >= 0.6 is 23.4 Å². The summed E-state index contributed by atoms with van der Waals surface area (Å²) in [5.74, 6) is -0.138. The Kier molecular flexibility index (Phi) is 5.29. The molecule has 1 aromatic carbocycles. The smallest absolute Gasteiger partial charge is 0.258 e. The van der Waals surface area contributed by atoms with Crippen molar-refractivity contribution in [3.8, 4) is 0 Å². The molecule has 0 aliphatic heterocycles. The summed E-state index contributed by atoms with van der Waals surface area (Å²) in [6, 6.07) is 9.74. The van der Waals surface area contributed by atoms with Crippen molar-refractivity contribution in [1.82, 2.24) is 5.32 Å². The van der Waals surface area contributed by atoms with Crippen molar-refractivity contribution in [2.75, 3.05) is 6.26 Å². The maximum Gasteiger partial charge on any atom is 0.258 e. The lowest BCUT2D eigenvalue weighted by Crippen LogP contribution is -2.23. The number of hydrogen-bond acceptors (Lipinski definition) is 2. The highest BCUT2D eigenvalue weighted by Crippen LogP contribution is 2.12. The summed E-state index contributed by atoms with van der Waals surface area (Å²) in [6.45, 7) is 0.522. The number of carbonyl (C=O) groups excluding carboxylic acids is 1. The molecule has 0 aliphatic carbocycles. The van der Waals surface area contributed by atoms with Crippen molar-refractivity contribution in [2.24, 2.45) is 0 Å². The third-order valence-electron chi connectivity index (χ3n) is 1.84. The summed E-state index contributed by atoms with van der Waals surface area (Å²) in [6.07, 6.45) is 1.82. The number of benzene rings is 1. The Morgan fingerprint density at radius 1 is 1.47 bits per heavy atom. The summed E-state index contributed by atoms with van der Waals surface area (Å²) in [7, 11) is 0. The number of amides is 1. The first kappa shape index (κ1) is 12.1. The number of hydrogen-bond donors (Lipinski definition) is 1. The molecule has 1 aromatic rings. The van der Waals surface area contributed by atoms with Crippen LogP contribution in [0.3, 0.4) is 0 Å². The van der Waals surface area contributed by atoms with Crippen LogP contribution in [0, 0.1) is 0 Å². The fourth-order valence-electron chi connectivity index (χ4n) is 1.05. The average molecular weight is 242 g/mol. The minimum Gasteiger partial charge on any atom is -0.347 e. The highest BCUT2D eigenvalue weighted by molar-refractivity contribution is 8.03. The molecule has 1 rings (SSSR count). The normalized spacial score (nSPS) is 11.2. The van der Waals surface area contributed by atoms with E-state index in [0.717, 1.165) is 5.56 Å². The second-order valence-corrected chi connectivity index (χ2v) is 3.91. The van der Waals surface area contributed by atoms with Crippen LogP contribution in [0.15, 0.2) is 40.8 Å². The zero-order valence-electron chi connectivity index (χ0n) is 8.37. The van der Waals surface area contributed by atoms with Crippen molar-refractivity contribution < 1.29 is 4.79 Å². The number of halogens is 1. The van der Waals surface area contributed by atoms with Crippen LogP contribution in [-0.4, -0.2) is 12.2 Å².